The number of esters is 1. The summed E-state index contributed by atoms with van der Waals surface area (Å²) in [6, 6.07) is 10.1. The minimum absolute atomic E-state index is 0.257. The SMILES string of the molecule is CCOc1ccc(C(=O)O[C@H](C)C(=O)Nc2cc(C)ccc2OC)cc1OC. The van der Waals surface area contributed by atoms with E-state index in [1.54, 1.807) is 24.3 Å². The first-order chi connectivity index (χ1) is 13.4. The van der Waals surface area contributed by atoms with Gasteiger partial charge in [-0.05, 0) is 56.7 Å². The predicted molar refractivity (Wildman–Crippen MR) is 105 cm³/mol. The Kier molecular flexibility index (Phi) is 7.26. The highest BCUT2D eigenvalue weighted by Gasteiger charge is 2.21. The summed E-state index contributed by atoms with van der Waals surface area (Å²) < 4.78 is 21.2. The summed E-state index contributed by atoms with van der Waals surface area (Å²) in [5, 5.41) is 2.72. The number of aryl methyl sites for hydroxylation is 1. The van der Waals surface area contributed by atoms with Crippen LogP contribution in [0.15, 0.2) is 36.4 Å². The summed E-state index contributed by atoms with van der Waals surface area (Å²) in [4.78, 5) is 24.8. The Bertz CT molecular complexity index is 849. The molecule has 0 bridgehead atoms. The highest BCUT2D eigenvalue weighted by Crippen LogP contribution is 2.29. The van der Waals surface area contributed by atoms with Gasteiger partial charge in [0, 0.05) is 0 Å². The normalized spacial score (nSPS) is 11.3. The van der Waals surface area contributed by atoms with Crippen LogP contribution in [0.3, 0.4) is 0 Å². The second-order valence-electron chi connectivity index (χ2n) is 6.04. The molecule has 0 fully saturated rings. The first-order valence-electron chi connectivity index (χ1n) is 8.86. The van der Waals surface area contributed by atoms with Crippen molar-refractivity contribution in [3.05, 3.63) is 47.5 Å². The highest BCUT2D eigenvalue weighted by atomic mass is 16.5. The molecule has 0 saturated heterocycles. The van der Waals surface area contributed by atoms with Crippen LogP contribution in [0.2, 0.25) is 0 Å². The average molecular weight is 387 g/mol. The molecular weight excluding hydrogens is 362 g/mol. The third-order valence-corrected chi connectivity index (χ3v) is 3.97. The van der Waals surface area contributed by atoms with Crippen molar-refractivity contribution >= 4 is 17.6 Å². The lowest BCUT2D eigenvalue weighted by molar-refractivity contribution is -0.123. The first-order valence-corrected chi connectivity index (χ1v) is 8.86. The summed E-state index contributed by atoms with van der Waals surface area (Å²) in [6.07, 6.45) is -1.00. The van der Waals surface area contributed by atoms with Crippen molar-refractivity contribution < 1.29 is 28.5 Å². The molecule has 0 aliphatic heterocycles. The molecule has 2 rings (SSSR count). The molecule has 0 radical (unpaired) electrons. The molecule has 28 heavy (non-hydrogen) atoms. The van der Waals surface area contributed by atoms with E-state index in [1.165, 1.54) is 27.2 Å². The zero-order chi connectivity index (χ0) is 20.7. The van der Waals surface area contributed by atoms with E-state index < -0.39 is 18.0 Å². The summed E-state index contributed by atoms with van der Waals surface area (Å²) in [6.45, 7) is 5.73. The maximum atomic E-state index is 12.4. The molecule has 2 aromatic rings. The van der Waals surface area contributed by atoms with Crippen LogP contribution in [0.1, 0.15) is 29.8 Å². The molecule has 7 nitrogen and oxygen atoms in total. The van der Waals surface area contributed by atoms with Gasteiger partial charge in [-0.3, -0.25) is 4.79 Å². The number of hydrogen-bond acceptors (Lipinski definition) is 6. The fourth-order valence-corrected chi connectivity index (χ4v) is 2.51. The first kappa shape index (κ1) is 21.1. The van der Waals surface area contributed by atoms with Crippen LogP contribution in [0.5, 0.6) is 17.2 Å². The number of anilines is 1. The van der Waals surface area contributed by atoms with Gasteiger partial charge in [-0.15, -0.1) is 0 Å². The molecule has 7 heteroatoms. The molecule has 0 aliphatic carbocycles. The van der Waals surface area contributed by atoms with Gasteiger partial charge in [-0.25, -0.2) is 4.79 Å². The van der Waals surface area contributed by atoms with Crippen LogP contribution in [0.25, 0.3) is 0 Å². The second kappa shape index (κ2) is 9.64. The van der Waals surface area contributed by atoms with Gasteiger partial charge in [0.05, 0.1) is 32.1 Å². The van der Waals surface area contributed by atoms with Gasteiger partial charge in [0.15, 0.2) is 17.6 Å². The fraction of sp³-hybridized carbons (Fsp3) is 0.333. The number of rotatable bonds is 8. The Labute approximate surface area is 164 Å². The molecule has 0 spiro atoms. The van der Waals surface area contributed by atoms with E-state index in [4.69, 9.17) is 18.9 Å². The van der Waals surface area contributed by atoms with Crippen molar-refractivity contribution in [2.45, 2.75) is 26.9 Å². The zero-order valence-electron chi connectivity index (χ0n) is 16.7. The summed E-state index contributed by atoms with van der Waals surface area (Å²) >= 11 is 0. The highest BCUT2D eigenvalue weighted by molar-refractivity contribution is 5.98. The Morgan fingerprint density at radius 1 is 1.00 bits per heavy atom. The van der Waals surface area contributed by atoms with Gasteiger partial charge in [-0.1, -0.05) is 6.07 Å². The molecule has 2 aromatic carbocycles. The Morgan fingerprint density at radius 2 is 1.68 bits per heavy atom. The molecule has 0 heterocycles. The fourth-order valence-electron chi connectivity index (χ4n) is 2.51. The number of carbonyl (C=O) groups is 2. The monoisotopic (exact) mass is 387 g/mol. The number of benzene rings is 2. The van der Waals surface area contributed by atoms with Gasteiger partial charge in [0.25, 0.3) is 5.91 Å². The Morgan fingerprint density at radius 3 is 2.32 bits per heavy atom. The quantitative estimate of drug-likeness (QED) is 0.697. The van der Waals surface area contributed by atoms with E-state index in [2.05, 4.69) is 5.32 Å². The molecule has 0 saturated carbocycles. The van der Waals surface area contributed by atoms with Crippen molar-refractivity contribution in [2.75, 3.05) is 26.1 Å². The molecule has 150 valence electrons. The minimum Gasteiger partial charge on any atom is -0.495 e. The standard InChI is InChI=1S/C21H25NO6/c1-6-27-18-10-8-15(12-19(18)26-5)21(24)28-14(3)20(23)22-16-11-13(2)7-9-17(16)25-4/h7-12,14H,6H2,1-5H3,(H,22,23)/t14-/m1/s1. The second-order valence-corrected chi connectivity index (χ2v) is 6.04. The van der Waals surface area contributed by atoms with Gasteiger partial charge in [-0.2, -0.15) is 0 Å². The van der Waals surface area contributed by atoms with Crippen LogP contribution in [0, 0.1) is 6.92 Å². The van der Waals surface area contributed by atoms with Gasteiger partial charge in [0.1, 0.15) is 5.75 Å². The van der Waals surface area contributed by atoms with Crippen molar-refractivity contribution in [1.29, 1.82) is 0 Å². The third kappa shape index (κ3) is 5.16. The molecule has 0 aliphatic rings. The Hall–Kier alpha value is -3.22. The number of nitrogens with one attached hydrogen (secondary N) is 1. The number of amides is 1. The zero-order valence-corrected chi connectivity index (χ0v) is 16.7. The van der Waals surface area contributed by atoms with Crippen molar-refractivity contribution in [2.24, 2.45) is 0 Å². The van der Waals surface area contributed by atoms with Crippen molar-refractivity contribution in [1.82, 2.24) is 0 Å². The lowest BCUT2D eigenvalue weighted by Gasteiger charge is -2.16. The summed E-state index contributed by atoms with van der Waals surface area (Å²) in [7, 11) is 3.00. The van der Waals surface area contributed by atoms with Crippen LogP contribution >= 0.6 is 0 Å². The largest absolute Gasteiger partial charge is 0.495 e. The third-order valence-electron chi connectivity index (χ3n) is 3.97. The van der Waals surface area contributed by atoms with Crippen LogP contribution in [-0.4, -0.2) is 38.8 Å². The molecule has 1 amide bonds. The minimum atomic E-state index is -1.00. The van der Waals surface area contributed by atoms with Crippen molar-refractivity contribution in [3.63, 3.8) is 0 Å². The van der Waals surface area contributed by atoms with Crippen molar-refractivity contribution in [3.8, 4) is 17.2 Å². The summed E-state index contributed by atoms with van der Waals surface area (Å²) in [5.41, 5.74) is 1.73. The Balaban J connectivity index is 2.07. The predicted octanol–water partition coefficient (Wildman–Crippen LogP) is 3.59. The molecule has 1 atom stereocenters. The van der Waals surface area contributed by atoms with E-state index in [9.17, 15) is 9.59 Å². The molecule has 0 unspecified atom stereocenters. The number of carbonyl (C=O) groups excluding carboxylic acids is 2. The number of methoxy groups -OCH3 is 2. The maximum absolute atomic E-state index is 12.4. The molecular formula is C21H25NO6. The van der Waals surface area contributed by atoms with E-state index >= 15 is 0 Å². The van der Waals surface area contributed by atoms with E-state index in [-0.39, 0.29) is 5.56 Å². The maximum Gasteiger partial charge on any atom is 0.339 e. The number of ether oxygens (including phenoxy) is 4. The molecule has 0 aromatic heterocycles. The van der Waals surface area contributed by atoms with E-state index in [0.717, 1.165) is 5.56 Å². The number of hydrogen-bond donors (Lipinski definition) is 1. The van der Waals surface area contributed by atoms with E-state index in [1.807, 2.05) is 19.9 Å². The van der Waals surface area contributed by atoms with E-state index in [0.29, 0.717) is 29.5 Å². The van der Waals surface area contributed by atoms with Crippen LogP contribution in [-0.2, 0) is 9.53 Å². The van der Waals surface area contributed by atoms with Crippen LogP contribution in [0.4, 0.5) is 5.69 Å². The van der Waals surface area contributed by atoms with Crippen LogP contribution < -0.4 is 19.5 Å². The average Bonchev–Trinajstić information content (AvgIpc) is 2.68. The lowest BCUT2D eigenvalue weighted by Crippen LogP contribution is -2.30. The van der Waals surface area contributed by atoms with Gasteiger partial charge < -0.3 is 24.3 Å². The topological polar surface area (TPSA) is 83.1 Å². The van der Waals surface area contributed by atoms with Gasteiger partial charge >= 0.3 is 5.97 Å². The van der Waals surface area contributed by atoms with Gasteiger partial charge in [0.2, 0.25) is 0 Å². The molecule has 1 N–H and O–H groups in total. The smallest absolute Gasteiger partial charge is 0.339 e. The summed E-state index contributed by atoms with van der Waals surface area (Å²) in [5.74, 6) is 0.362. The lowest BCUT2D eigenvalue weighted by atomic mass is 10.2.